The molecule has 1 fully saturated rings. The number of nitrogens with one attached hydrogen (secondary N) is 2. The van der Waals surface area contributed by atoms with Crippen LogP contribution in [0.5, 0.6) is 0 Å². The van der Waals surface area contributed by atoms with Crippen LogP contribution in [0.4, 0.5) is 19.0 Å². The molecule has 7 nitrogen and oxygen atoms in total. The van der Waals surface area contributed by atoms with Crippen molar-refractivity contribution in [1.82, 2.24) is 24.8 Å². The van der Waals surface area contributed by atoms with E-state index in [4.69, 9.17) is 0 Å². The van der Waals surface area contributed by atoms with E-state index in [2.05, 4.69) is 43.9 Å². The van der Waals surface area contributed by atoms with Crippen molar-refractivity contribution in [2.45, 2.75) is 19.6 Å². The van der Waals surface area contributed by atoms with E-state index in [9.17, 15) is 18.0 Å². The molecule has 0 spiro atoms. The Bertz CT molecular complexity index is 1540. The summed E-state index contributed by atoms with van der Waals surface area (Å²) in [5.74, 6) is 5.61. The number of halogens is 3. The van der Waals surface area contributed by atoms with E-state index in [-0.39, 0.29) is 23.5 Å². The average Bonchev–Trinajstić information content (AvgIpc) is 3.42. The van der Waals surface area contributed by atoms with E-state index in [1.165, 1.54) is 18.3 Å². The van der Waals surface area contributed by atoms with E-state index >= 15 is 0 Å². The van der Waals surface area contributed by atoms with Crippen molar-refractivity contribution in [3.8, 4) is 11.8 Å². The topological polar surface area (TPSA) is 77.1 Å². The van der Waals surface area contributed by atoms with Crippen molar-refractivity contribution in [2.75, 3.05) is 38.0 Å². The van der Waals surface area contributed by atoms with Gasteiger partial charge in [0.15, 0.2) is 0 Å². The second kappa shape index (κ2) is 11.3. The summed E-state index contributed by atoms with van der Waals surface area (Å²) in [6, 6.07) is 8.91. The maximum absolute atomic E-state index is 14.0. The van der Waals surface area contributed by atoms with Crippen LogP contribution in [-0.2, 0) is 12.7 Å². The summed E-state index contributed by atoms with van der Waals surface area (Å²) in [7, 11) is 0. The van der Waals surface area contributed by atoms with Crippen molar-refractivity contribution in [2.24, 2.45) is 0 Å². The van der Waals surface area contributed by atoms with Gasteiger partial charge in [-0.15, -0.1) is 0 Å². The molecule has 10 heteroatoms. The zero-order valence-corrected chi connectivity index (χ0v) is 21.3. The maximum atomic E-state index is 14.0. The number of hydrogen-bond acceptors (Lipinski definition) is 5. The van der Waals surface area contributed by atoms with Crippen LogP contribution in [0.1, 0.15) is 39.5 Å². The first-order valence-corrected chi connectivity index (χ1v) is 12.7. The van der Waals surface area contributed by atoms with Crippen molar-refractivity contribution in [1.29, 1.82) is 0 Å². The molecule has 1 aliphatic heterocycles. The van der Waals surface area contributed by atoms with Crippen LogP contribution in [0.25, 0.3) is 10.9 Å². The summed E-state index contributed by atoms with van der Waals surface area (Å²) in [6.07, 6.45) is 2.09. The molecule has 0 unspecified atom stereocenters. The minimum atomic E-state index is -4.58. The quantitative estimate of drug-likeness (QED) is 0.363. The number of likely N-dealkylation sites (N-methyl/N-ethyl adjacent to an activating group) is 1. The van der Waals surface area contributed by atoms with E-state index < -0.39 is 17.6 Å². The number of pyridine rings is 2. The van der Waals surface area contributed by atoms with Gasteiger partial charge < -0.3 is 15.2 Å². The number of alkyl halides is 3. The molecular weight excluding hydrogens is 505 g/mol. The van der Waals surface area contributed by atoms with Crippen LogP contribution >= 0.6 is 0 Å². The number of fused-ring (bicyclic) bond motifs is 1. The van der Waals surface area contributed by atoms with Crippen LogP contribution in [0, 0.1) is 11.8 Å². The Morgan fingerprint density at radius 1 is 1.05 bits per heavy atom. The predicted molar refractivity (Wildman–Crippen MR) is 143 cm³/mol. The molecule has 0 atom stereocenters. The number of benzene rings is 1. The fourth-order valence-electron chi connectivity index (χ4n) is 4.61. The Morgan fingerprint density at radius 2 is 1.85 bits per heavy atom. The predicted octanol–water partition coefficient (Wildman–Crippen LogP) is 4.77. The third-order valence-electron chi connectivity index (χ3n) is 6.80. The Hall–Kier alpha value is -4.20. The van der Waals surface area contributed by atoms with Gasteiger partial charge in [0.1, 0.15) is 5.82 Å². The SMILES string of the molecule is CCN1CCN(Cc2ccc(C(=O)Nc3cc(C#Cc4cncc5[nH]ccc45)ccn3)cc2C(F)(F)F)CC1. The summed E-state index contributed by atoms with van der Waals surface area (Å²) in [5.41, 5.74) is 1.46. The molecule has 1 aromatic carbocycles. The highest BCUT2D eigenvalue weighted by molar-refractivity contribution is 6.04. The minimum Gasteiger partial charge on any atom is -0.360 e. The maximum Gasteiger partial charge on any atom is 0.416 e. The minimum absolute atomic E-state index is 0.0922. The van der Waals surface area contributed by atoms with Crippen LogP contribution in [0.3, 0.4) is 0 Å². The number of piperazine rings is 1. The van der Waals surface area contributed by atoms with Gasteiger partial charge >= 0.3 is 6.18 Å². The molecule has 1 amide bonds. The molecule has 4 aromatic rings. The Balaban J connectivity index is 1.31. The van der Waals surface area contributed by atoms with E-state index in [0.29, 0.717) is 18.7 Å². The first-order chi connectivity index (χ1) is 18.8. The molecule has 200 valence electrons. The highest BCUT2D eigenvalue weighted by Crippen LogP contribution is 2.33. The molecule has 2 N–H and O–H groups in total. The fraction of sp³-hybridized carbons (Fsp3) is 0.276. The largest absolute Gasteiger partial charge is 0.416 e. The van der Waals surface area contributed by atoms with Gasteiger partial charge in [-0.1, -0.05) is 24.8 Å². The lowest BCUT2D eigenvalue weighted by molar-refractivity contribution is -0.138. The zero-order valence-electron chi connectivity index (χ0n) is 21.3. The van der Waals surface area contributed by atoms with Crippen molar-refractivity contribution in [3.05, 3.63) is 89.0 Å². The second-order valence-electron chi connectivity index (χ2n) is 9.34. The van der Waals surface area contributed by atoms with Gasteiger partial charge in [0.2, 0.25) is 0 Å². The Kier molecular flexibility index (Phi) is 7.63. The smallest absolute Gasteiger partial charge is 0.360 e. The summed E-state index contributed by atoms with van der Waals surface area (Å²) in [6.45, 7) is 6.24. The number of aromatic amines is 1. The lowest BCUT2D eigenvalue weighted by Gasteiger charge is -2.34. The second-order valence-corrected chi connectivity index (χ2v) is 9.34. The lowest BCUT2D eigenvalue weighted by Crippen LogP contribution is -2.45. The summed E-state index contributed by atoms with van der Waals surface area (Å²) in [4.78, 5) is 28.6. The normalized spacial score (nSPS) is 14.7. The number of hydrogen-bond donors (Lipinski definition) is 2. The molecular formula is C29H27F3N6O. The van der Waals surface area contributed by atoms with Crippen LogP contribution in [0.2, 0.25) is 0 Å². The number of carbonyl (C=O) groups excluding carboxylic acids is 1. The van der Waals surface area contributed by atoms with Gasteiger partial charge in [0.05, 0.1) is 22.8 Å². The first-order valence-electron chi connectivity index (χ1n) is 12.7. The number of rotatable bonds is 5. The molecule has 1 saturated heterocycles. The summed E-state index contributed by atoms with van der Waals surface area (Å²) < 4.78 is 41.9. The Morgan fingerprint density at radius 3 is 2.62 bits per heavy atom. The van der Waals surface area contributed by atoms with Gasteiger partial charge in [-0.3, -0.25) is 14.7 Å². The molecule has 0 radical (unpaired) electrons. The first kappa shape index (κ1) is 26.4. The number of aromatic nitrogens is 3. The third kappa shape index (κ3) is 6.28. The van der Waals surface area contributed by atoms with Crippen LogP contribution in [0.15, 0.2) is 61.2 Å². The molecule has 0 bridgehead atoms. The molecule has 1 aliphatic rings. The third-order valence-corrected chi connectivity index (χ3v) is 6.80. The van der Waals surface area contributed by atoms with Crippen LogP contribution in [-0.4, -0.2) is 63.4 Å². The molecule has 0 saturated carbocycles. The summed E-state index contributed by atoms with van der Waals surface area (Å²) >= 11 is 0. The van der Waals surface area contributed by atoms with E-state index in [1.54, 1.807) is 24.5 Å². The van der Waals surface area contributed by atoms with Gasteiger partial charge in [-0.25, -0.2) is 4.98 Å². The van der Waals surface area contributed by atoms with Crippen molar-refractivity contribution < 1.29 is 18.0 Å². The highest BCUT2D eigenvalue weighted by Gasteiger charge is 2.34. The van der Waals surface area contributed by atoms with Crippen molar-refractivity contribution >= 4 is 22.6 Å². The van der Waals surface area contributed by atoms with E-state index in [0.717, 1.165) is 42.2 Å². The number of anilines is 1. The number of carbonyl (C=O) groups is 1. The lowest BCUT2D eigenvalue weighted by atomic mass is 10.0. The molecule has 3 aromatic heterocycles. The van der Waals surface area contributed by atoms with Gasteiger partial charge in [0.25, 0.3) is 5.91 Å². The average molecular weight is 533 g/mol. The van der Waals surface area contributed by atoms with Gasteiger partial charge in [-0.05, 0) is 42.4 Å². The monoisotopic (exact) mass is 532 g/mol. The fourth-order valence-corrected chi connectivity index (χ4v) is 4.61. The van der Waals surface area contributed by atoms with E-state index in [1.807, 2.05) is 17.2 Å². The molecule has 5 rings (SSSR count). The molecule has 4 heterocycles. The molecule has 39 heavy (non-hydrogen) atoms. The van der Waals surface area contributed by atoms with Gasteiger partial charge in [-0.2, -0.15) is 13.2 Å². The number of amides is 1. The Labute approximate surface area is 224 Å². The standard InChI is InChI=1S/C29H27F3N6O/c1-2-37-11-13-38(14-12-37)19-23-6-5-21(16-25(23)29(30,31)32)28(39)36-27-15-20(7-9-35-27)3-4-22-17-33-18-26-24(22)8-10-34-26/h5-10,15-18,34H,2,11-14,19H2,1H3,(H,35,36,39). The van der Waals surface area contributed by atoms with Gasteiger partial charge in [0, 0.05) is 67.8 Å². The zero-order chi connectivity index (χ0) is 27.4. The molecule has 0 aliphatic carbocycles. The number of nitrogens with zero attached hydrogens (tertiary/aromatic N) is 4. The summed E-state index contributed by atoms with van der Waals surface area (Å²) in [5, 5.41) is 3.53. The van der Waals surface area contributed by atoms with Crippen molar-refractivity contribution in [3.63, 3.8) is 0 Å². The highest BCUT2D eigenvalue weighted by atomic mass is 19.4. The number of H-pyrrole nitrogens is 1. The van der Waals surface area contributed by atoms with Crippen LogP contribution < -0.4 is 5.32 Å².